The summed E-state index contributed by atoms with van der Waals surface area (Å²) in [6, 6.07) is 0. The highest BCUT2D eigenvalue weighted by molar-refractivity contribution is 5.69. The number of esters is 2. The molecule has 0 saturated heterocycles. The molecule has 0 aromatic heterocycles. The van der Waals surface area contributed by atoms with Crippen LogP contribution < -0.4 is 0 Å². The van der Waals surface area contributed by atoms with Crippen molar-refractivity contribution in [3.8, 4) is 0 Å². The van der Waals surface area contributed by atoms with Gasteiger partial charge in [0.15, 0.2) is 0 Å². The van der Waals surface area contributed by atoms with Gasteiger partial charge in [-0.1, -0.05) is 207 Å². The highest BCUT2D eigenvalue weighted by Crippen LogP contribution is 2.14. The van der Waals surface area contributed by atoms with Crippen LogP contribution >= 0.6 is 0 Å². The van der Waals surface area contributed by atoms with Gasteiger partial charge >= 0.3 is 11.9 Å². The van der Waals surface area contributed by atoms with Gasteiger partial charge in [0.25, 0.3) is 0 Å². The second-order valence-corrected chi connectivity index (χ2v) is 18.8. The molecule has 0 radical (unpaired) electrons. The molecule has 8 nitrogen and oxygen atoms in total. The second kappa shape index (κ2) is 50.8. The van der Waals surface area contributed by atoms with E-state index in [1.54, 1.807) is 0 Å². The molecule has 0 aliphatic heterocycles. The predicted molar refractivity (Wildman–Crippen MR) is 267 cm³/mol. The van der Waals surface area contributed by atoms with Crippen molar-refractivity contribution < 1.29 is 24.2 Å². The predicted octanol–water partition coefficient (Wildman–Crippen LogP) is 14.1. The Morgan fingerprint density at radius 2 is 0.532 bits per heavy atom. The Morgan fingerprint density at radius 3 is 0.790 bits per heavy atom. The van der Waals surface area contributed by atoms with Gasteiger partial charge in [-0.15, -0.1) is 0 Å². The molecule has 370 valence electrons. The number of hydrogen-bond acceptors (Lipinski definition) is 8. The molecule has 0 spiro atoms. The van der Waals surface area contributed by atoms with E-state index in [2.05, 4.69) is 42.4 Å². The van der Waals surface area contributed by atoms with Crippen LogP contribution in [0.4, 0.5) is 0 Å². The Hall–Kier alpha value is -1.22. The molecular weight excluding hydrogens is 771 g/mol. The second-order valence-electron chi connectivity index (χ2n) is 18.8. The molecular formula is C54H109N3O5. The number of aliphatic hydroxyl groups is 1. The Balaban J connectivity index is 4.52. The summed E-state index contributed by atoms with van der Waals surface area (Å²) in [7, 11) is 0. The fourth-order valence-electron chi connectivity index (χ4n) is 8.64. The van der Waals surface area contributed by atoms with Crippen LogP contribution in [-0.4, -0.2) is 110 Å². The lowest BCUT2D eigenvalue weighted by Crippen LogP contribution is -2.31. The van der Waals surface area contributed by atoms with Crippen molar-refractivity contribution >= 4 is 11.9 Å². The zero-order valence-corrected chi connectivity index (χ0v) is 42.4. The van der Waals surface area contributed by atoms with E-state index in [1.807, 2.05) is 0 Å². The molecule has 0 amide bonds. The van der Waals surface area contributed by atoms with Gasteiger partial charge in [0.05, 0.1) is 6.61 Å². The maximum atomic E-state index is 12.7. The molecule has 0 fully saturated rings. The largest absolute Gasteiger partial charge is 0.464 e. The van der Waals surface area contributed by atoms with Crippen LogP contribution in [0.15, 0.2) is 0 Å². The van der Waals surface area contributed by atoms with E-state index in [-0.39, 0.29) is 18.5 Å². The summed E-state index contributed by atoms with van der Waals surface area (Å²) in [6.07, 6.45) is 44.7. The number of ether oxygens (including phenoxy) is 2. The highest BCUT2D eigenvalue weighted by atomic mass is 16.5. The van der Waals surface area contributed by atoms with Gasteiger partial charge in [0.2, 0.25) is 0 Å². The summed E-state index contributed by atoms with van der Waals surface area (Å²) < 4.78 is 11.5. The van der Waals surface area contributed by atoms with Gasteiger partial charge in [-0.05, 0) is 77.8 Å². The van der Waals surface area contributed by atoms with E-state index in [1.165, 1.54) is 205 Å². The lowest BCUT2D eigenvalue weighted by Gasteiger charge is -2.23. The molecule has 0 aromatic rings. The zero-order chi connectivity index (χ0) is 45.2. The Kier molecular flexibility index (Phi) is 49.8. The maximum absolute atomic E-state index is 12.7. The summed E-state index contributed by atoms with van der Waals surface area (Å²) in [5.74, 6) is -0.258. The normalized spacial score (nSPS) is 11.7. The molecule has 0 aromatic carbocycles. The van der Waals surface area contributed by atoms with E-state index in [9.17, 15) is 14.7 Å². The van der Waals surface area contributed by atoms with Crippen LogP contribution in [0.1, 0.15) is 259 Å². The standard InChI is InChI=1S/C54H109N3O5/c1-5-9-13-17-21-25-29-33-41-56(42-34-30-26-22-18-14-10-6-2)48-51-61-53(59)39-37-45-55(47-50-58)46-38-40-54(60)62-52-49-57(43-35-31-27-23-19-15-11-7-3)44-36-32-28-24-20-16-12-8-4/h58H,5-52H2,1-4H3. The van der Waals surface area contributed by atoms with E-state index in [4.69, 9.17) is 9.47 Å². The van der Waals surface area contributed by atoms with E-state index in [0.717, 1.165) is 39.3 Å². The minimum absolute atomic E-state index is 0.0655. The highest BCUT2D eigenvalue weighted by Gasteiger charge is 2.12. The lowest BCUT2D eigenvalue weighted by atomic mass is 10.1. The summed E-state index contributed by atoms with van der Waals surface area (Å²) in [4.78, 5) is 32.7. The number of carbonyl (C=O) groups is 2. The summed E-state index contributed by atoms with van der Waals surface area (Å²) >= 11 is 0. The molecule has 1 N–H and O–H groups in total. The minimum atomic E-state index is -0.129. The van der Waals surface area contributed by atoms with Crippen molar-refractivity contribution in [2.24, 2.45) is 0 Å². The molecule has 0 rings (SSSR count). The zero-order valence-electron chi connectivity index (χ0n) is 42.4. The first-order valence-electron chi connectivity index (χ1n) is 27.6. The first-order chi connectivity index (χ1) is 30.5. The molecule has 0 aliphatic carbocycles. The van der Waals surface area contributed by atoms with E-state index in [0.29, 0.717) is 58.5 Å². The van der Waals surface area contributed by atoms with Crippen LogP contribution in [0.2, 0.25) is 0 Å². The number of rotatable bonds is 52. The molecule has 0 unspecified atom stereocenters. The van der Waals surface area contributed by atoms with Crippen molar-refractivity contribution in [2.75, 3.05) is 78.7 Å². The monoisotopic (exact) mass is 880 g/mol. The van der Waals surface area contributed by atoms with Crippen LogP contribution in [-0.2, 0) is 19.1 Å². The van der Waals surface area contributed by atoms with Gasteiger partial charge in [-0.25, -0.2) is 0 Å². The van der Waals surface area contributed by atoms with Gasteiger partial charge in [0.1, 0.15) is 13.2 Å². The third-order valence-corrected chi connectivity index (χ3v) is 12.8. The quantitative estimate of drug-likeness (QED) is 0.0478. The van der Waals surface area contributed by atoms with Crippen molar-refractivity contribution in [3.05, 3.63) is 0 Å². The third kappa shape index (κ3) is 45.4. The topological polar surface area (TPSA) is 82.6 Å². The fourth-order valence-corrected chi connectivity index (χ4v) is 8.64. The molecule has 62 heavy (non-hydrogen) atoms. The Labute approximate surface area is 387 Å². The fraction of sp³-hybridized carbons (Fsp3) is 0.963. The number of carbonyl (C=O) groups excluding carboxylic acids is 2. The average molecular weight is 880 g/mol. The van der Waals surface area contributed by atoms with Crippen molar-refractivity contribution in [1.29, 1.82) is 0 Å². The number of aliphatic hydroxyl groups excluding tert-OH is 1. The summed E-state index contributed by atoms with van der Waals surface area (Å²) in [6.45, 7) is 18.1. The van der Waals surface area contributed by atoms with Crippen LogP contribution in [0, 0.1) is 0 Å². The molecule has 0 aliphatic rings. The van der Waals surface area contributed by atoms with Crippen LogP contribution in [0.5, 0.6) is 0 Å². The SMILES string of the molecule is CCCCCCCCCCN(CCCCCCCCCC)CCOC(=O)CCCN(CCO)CCCC(=O)OCCN(CCCCCCCCCC)CCCCCCCCCC. The molecule has 0 bridgehead atoms. The molecule has 0 heterocycles. The van der Waals surface area contributed by atoms with Gasteiger partial charge in [0, 0.05) is 32.5 Å². The van der Waals surface area contributed by atoms with Crippen molar-refractivity contribution in [2.45, 2.75) is 259 Å². The van der Waals surface area contributed by atoms with Gasteiger partial charge in [-0.2, -0.15) is 0 Å². The Bertz CT molecular complexity index is 799. The molecule has 8 heteroatoms. The first kappa shape index (κ1) is 60.8. The van der Waals surface area contributed by atoms with Crippen LogP contribution in [0.25, 0.3) is 0 Å². The van der Waals surface area contributed by atoms with E-state index < -0.39 is 0 Å². The number of hydrogen-bond donors (Lipinski definition) is 1. The minimum Gasteiger partial charge on any atom is -0.464 e. The van der Waals surface area contributed by atoms with Crippen molar-refractivity contribution in [1.82, 2.24) is 14.7 Å². The summed E-state index contributed by atoms with van der Waals surface area (Å²) in [5.41, 5.74) is 0. The van der Waals surface area contributed by atoms with Gasteiger partial charge < -0.3 is 19.5 Å². The van der Waals surface area contributed by atoms with Crippen molar-refractivity contribution in [3.63, 3.8) is 0 Å². The number of nitrogens with zero attached hydrogens (tertiary/aromatic N) is 3. The smallest absolute Gasteiger partial charge is 0.305 e. The summed E-state index contributed by atoms with van der Waals surface area (Å²) in [5, 5.41) is 9.70. The lowest BCUT2D eigenvalue weighted by molar-refractivity contribution is -0.145. The van der Waals surface area contributed by atoms with Crippen LogP contribution in [0.3, 0.4) is 0 Å². The Morgan fingerprint density at radius 1 is 0.306 bits per heavy atom. The first-order valence-corrected chi connectivity index (χ1v) is 27.6. The molecule has 0 atom stereocenters. The number of unbranched alkanes of at least 4 members (excludes halogenated alkanes) is 28. The maximum Gasteiger partial charge on any atom is 0.305 e. The third-order valence-electron chi connectivity index (χ3n) is 12.8. The average Bonchev–Trinajstić information content (AvgIpc) is 3.26. The van der Waals surface area contributed by atoms with E-state index >= 15 is 0 Å². The van der Waals surface area contributed by atoms with Gasteiger partial charge in [-0.3, -0.25) is 19.4 Å². The molecule has 0 saturated carbocycles.